The van der Waals surface area contributed by atoms with Crippen LogP contribution in [0.15, 0.2) is 30.5 Å². The molecule has 2 amide bonds. The van der Waals surface area contributed by atoms with Crippen molar-refractivity contribution >= 4 is 28.8 Å². The zero-order valence-corrected chi connectivity index (χ0v) is 18.2. The average molecular weight is 419 g/mol. The van der Waals surface area contributed by atoms with E-state index in [0.29, 0.717) is 41.3 Å². The highest BCUT2D eigenvalue weighted by atomic mass is 16.2. The minimum atomic E-state index is -0.117. The number of aromatic nitrogens is 3. The molecule has 8 nitrogen and oxygen atoms in total. The Kier molecular flexibility index (Phi) is 6.65. The number of aryl methyl sites for hydroxylation is 2. The zero-order valence-electron chi connectivity index (χ0n) is 18.2. The number of hydrogen-bond donors (Lipinski definition) is 2. The van der Waals surface area contributed by atoms with Crippen LogP contribution in [0.4, 0.5) is 11.4 Å². The molecule has 0 aliphatic heterocycles. The van der Waals surface area contributed by atoms with E-state index in [1.165, 1.54) is 6.20 Å². The van der Waals surface area contributed by atoms with Crippen LogP contribution in [0.2, 0.25) is 0 Å². The van der Waals surface area contributed by atoms with E-state index in [4.69, 9.17) is 5.26 Å². The van der Waals surface area contributed by atoms with Gasteiger partial charge < -0.3 is 10.6 Å². The number of amides is 2. The summed E-state index contributed by atoms with van der Waals surface area (Å²) in [5, 5.41) is 19.1. The molecule has 31 heavy (non-hydrogen) atoms. The highest BCUT2D eigenvalue weighted by molar-refractivity contribution is 5.93. The lowest BCUT2D eigenvalue weighted by molar-refractivity contribution is -0.117. The Morgan fingerprint density at radius 2 is 1.71 bits per heavy atom. The molecule has 0 bridgehead atoms. The number of fused-ring (bicyclic) bond motifs is 1. The van der Waals surface area contributed by atoms with E-state index in [0.717, 1.165) is 17.0 Å². The Labute approximate surface area is 181 Å². The van der Waals surface area contributed by atoms with Gasteiger partial charge in [-0.1, -0.05) is 13.8 Å². The minimum Gasteiger partial charge on any atom is -0.326 e. The Bertz CT molecular complexity index is 1160. The summed E-state index contributed by atoms with van der Waals surface area (Å²) in [5.74, 6) is 0.152. The first-order chi connectivity index (χ1) is 14.8. The predicted octanol–water partition coefficient (Wildman–Crippen LogP) is 3.77. The van der Waals surface area contributed by atoms with E-state index in [9.17, 15) is 9.59 Å². The fourth-order valence-electron chi connectivity index (χ4n) is 3.43. The van der Waals surface area contributed by atoms with Gasteiger partial charge in [-0.15, -0.1) is 0 Å². The van der Waals surface area contributed by atoms with Crippen LogP contribution in [0.3, 0.4) is 0 Å². The van der Waals surface area contributed by atoms with E-state index in [-0.39, 0.29) is 18.2 Å². The van der Waals surface area contributed by atoms with Crippen LogP contribution in [-0.2, 0) is 16.0 Å². The third-order valence-corrected chi connectivity index (χ3v) is 4.98. The number of carbonyl (C=O) groups is 2. The molecule has 0 atom stereocenters. The van der Waals surface area contributed by atoms with Gasteiger partial charge in [0.1, 0.15) is 11.6 Å². The average Bonchev–Trinajstić information content (AvgIpc) is 3.11. The quantitative estimate of drug-likeness (QED) is 0.606. The first-order valence-electron chi connectivity index (χ1n) is 10.2. The number of carbonyl (C=O) groups excluding carboxylic acids is 2. The predicted molar refractivity (Wildman–Crippen MR) is 119 cm³/mol. The van der Waals surface area contributed by atoms with Crippen molar-refractivity contribution in [2.75, 3.05) is 10.6 Å². The van der Waals surface area contributed by atoms with Crippen molar-refractivity contribution in [2.24, 2.45) is 5.92 Å². The second-order valence-electron chi connectivity index (χ2n) is 7.94. The van der Waals surface area contributed by atoms with Gasteiger partial charge in [0.05, 0.1) is 6.20 Å². The maximum absolute atomic E-state index is 12.4. The number of anilines is 2. The third kappa shape index (κ3) is 5.25. The molecule has 0 saturated carbocycles. The van der Waals surface area contributed by atoms with Gasteiger partial charge >= 0.3 is 0 Å². The standard InChI is InChI=1S/C23H26N6O2/c1-14(2)11-22(31)28-19-7-5-18(6-8-19)27-21(30)10-9-20-15(3)26-23-17(12-24)13-25-29(23)16(20)4/h5-8,13-14H,9-11H2,1-4H3,(H,27,30)(H,28,31). The monoisotopic (exact) mass is 418 g/mol. The number of benzene rings is 1. The van der Waals surface area contributed by atoms with Crippen LogP contribution in [0.5, 0.6) is 0 Å². The summed E-state index contributed by atoms with van der Waals surface area (Å²) in [5.41, 5.74) is 4.93. The highest BCUT2D eigenvalue weighted by Crippen LogP contribution is 2.19. The lowest BCUT2D eigenvalue weighted by Crippen LogP contribution is -2.15. The van der Waals surface area contributed by atoms with Crippen LogP contribution in [0.25, 0.3) is 5.65 Å². The number of nitrogens with zero attached hydrogens (tertiary/aromatic N) is 4. The Morgan fingerprint density at radius 1 is 1.10 bits per heavy atom. The van der Waals surface area contributed by atoms with E-state index < -0.39 is 0 Å². The van der Waals surface area contributed by atoms with Gasteiger partial charge in [-0.25, -0.2) is 9.50 Å². The van der Waals surface area contributed by atoms with Gasteiger partial charge in [-0.3, -0.25) is 9.59 Å². The van der Waals surface area contributed by atoms with Crippen LogP contribution in [-0.4, -0.2) is 26.4 Å². The molecule has 0 fully saturated rings. The largest absolute Gasteiger partial charge is 0.326 e. The van der Waals surface area contributed by atoms with Gasteiger partial charge in [0.2, 0.25) is 11.8 Å². The molecule has 3 aromatic rings. The number of hydrogen-bond acceptors (Lipinski definition) is 5. The second kappa shape index (κ2) is 9.39. The van der Waals surface area contributed by atoms with E-state index in [1.807, 2.05) is 27.7 Å². The molecule has 0 spiro atoms. The maximum Gasteiger partial charge on any atom is 0.224 e. The molecule has 2 aromatic heterocycles. The van der Waals surface area contributed by atoms with Crippen molar-refractivity contribution in [1.29, 1.82) is 5.26 Å². The molecule has 0 saturated heterocycles. The molecule has 0 unspecified atom stereocenters. The molecule has 0 radical (unpaired) electrons. The second-order valence-corrected chi connectivity index (χ2v) is 7.94. The third-order valence-electron chi connectivity index (χ3n) is 4.98. The Morgan fingerprint density at radius 3 is 2.29 bits per heavy atom. The van der Waals surface area contributed by atoms with Crippen molar-refractivity contribution in [3.05, 3.63) is 53.0 Å². The van der Waals surface area contributed by atoms with Crippen molar-refractivity contribution in [3.63, 3.8) is 0 Å². The van der Waals surface area contributed by atoms with E-state index in [1.54, 1.807) is 28.8 Å². The zero-order chi connectivity index (χ0) is 22.5. The lowest BCUT2D eigenvalue weighted by atomic mass is 10.1. The van der Waals surface area contributed by atoms with Crippen molar-refractivity contribution in [3.8, 4) is 6.07 Å². The summed E-state index contributed by atoms with van der Waals surface area (Å²) >= 11 is 0. The molecule has 2 N–H and O–H groups in total. The maximum atomic E-state index is 12.4. The van der Waals surface area contributed by atoms with Gasteiger partial charge in [0, 0.05) is 35.6 Å². The van der Waals surface area contributed by atoms with Gasteiger partial charge in [0.15, 0.2) is 5.65 Å². The van der Waals surface area contributed by atoms with Crippen LogP contribution >= 0.6 is 0 Å². The fourth-order valence-corrected chi connectivity index (χ4v) is 3.43. The summed E-state index contributed by atoms with van der Waals surface area (Å²) in [7, 11) is 0. The number of nitriles is 1. The number of nitrogens with one attached hydrogen (secondary N) is 2. The van der Waals surface area contributed by atoms with Gasteiger partial charge in [0.25, 0.3) is 0 Å². The molecule has 2 heterocycles. The van der Waals surface area contributed by atoms with Crippen molar-refractivity contribution < 1.29 is 9.59 Å². The minimum absolute atomic E-state index is 0.0258. The van der Waals surface area contributed by atoms with E-state index in [2.05, 4.69) is 26.8 Å². The van der Waals surface area contributed by atoms with Crippen molar-refractivity contribution in [2.45, 2.75) is 47.0 Å². The lowest BCUT2D eigenvalue weighted by Gasteiger charge is -2.12. The topological polar surface area (TPSA) is 112 Å². The Hall–Kier alpha value is -3.73. The first kappa shape index (κ1) is 22.0. The summed E-state index contributed by atoms with van der Waals surface area (Å²) in [6, 6.07) is 9.16. The molecular weight excluding hydrogens is 392 g/mol. The molecule has 8 heteroatoms. The summed E-state index contributed by atoms with van der Waals surface area (Å²) < 4.78 is 1.64. The van der Waals surface area contributed by atoms with Gasteiger partial charge in [-0.05, 0) is 56.0 Å². The normalized spacial score (nSPS) is 10.8. The Balaban J connectivity index is 1.60. The van der Waals surface area contributed by atoms with E-state index >= 15 is 0 Å². The molecule has 1 aromatic carbocycles. The SMILES string of the molecule is Cc1nc2c(C#N)cnn2c(C)c1CCC(=O)Nc1ccc(NC(=O)CC(C)C)cc1. The van der Waals surface area contributed by atoms with Crippen LogP contribution in [0.1, 0.15) is 49.2 Å². The van der Waals surface area contributed by atoms with Crippen LogP contribution < -0.4 is 10.6 Å². The molecule has 0 aliphatic carbocycles. The molecule has 3 rings (SSSR count). The summed E-state index contributed by atoms with van der Waals surface area (Å²) in [4.78, 5) is 28.8. The molecule has 0 aliphatic rings. The summed E-state index contributed by atoms with van der Waals surface area (Å²) in [6.45, 7) is 7.78. The smallest absolute Gasteiger partial charge is 0.224 e. The van der Waals surface area contributed by atoms with Gasteiger partial charge in [-0.2, -0.15) is 10.4 Å². The first-order valence-corrected chi connectivity index (χ1v) is 10.2. The summed E-state index contributed by atoms with van der Waals surface area (Å²) in [6.07, 6.45) is 2.76. The molecular formula is C23H26N6O2. The van der Waals surface area contributed by atoms with Crippen molar-refractivity contribution in [1.82, 2.24) is 14.6 Å². The molecule has 160 valence electrons. The van der Waals surface area contributed by atoms with Crippen LogP contribution in [0, 0.1) is 31.1 Å². The fraction of sp³-hybridized carbons (Fsp3) is 0.348. The highest BCUT2D eigenvalue weighted by Gasteiger charge is 2.15. The number of rotatable bonds is 7.